The molecule has 4 nitrogen and oxygen atoms in total. The molecule has 0 radical (unpaired) electrons. The maximum atomic E-state index is 9.48. The molecule has 0 saturated carbocycles. The fourth-order valence-electron chi connectivity index (χ4n) is 1.40. The third kappa shape index (κ3) is 4.06. The minimum absolute atomic E-state index is 0.0488. The van der Waals surface area contributed by atoms with Crippen LogP contribution in [0.4, 0.5) is 0 Å². The standard InChI is InChI=1S/C11H17ClN2O2/c1-8(14-6-9(15)7-16-2)10-4-3-5-13-11(10)12/h3-5,8-9,14-15H,6-7H2,1-2H3. The van der Waals surface area contributed by atoms with E-state index in [0.717, 1.165) is 5.56 Å². The van der Waals surface area contributed by atoms with Crippen molar-refractivity contribution in [3.63, 3.8) is 0 Å². The van der Waals surface area contributed by atoms with Gasteiger partial charge < -0.3 is 15.2 Å². The Labute approximate surface area is 101 Å². The zero-order chi connectivity index (χ0) is 12.0. The quantitative estimate of drug-likeness (QED) is 0.743. The summed E-state index contributed by atoms with van der Waals surface area (Å²) in [5.41, 5.74) is 0.925. The van der Waals surface area contributed by atoms with Gasteiger partial charge in [-0.3, -0.25) is 0 Å². The highest BCUT2D eigenvalue weighted by atomic mass is 35.5. The van der Waals surface area contributed by atoms with Crippen molar-refractivity contribution in [1.82, 2.24) is 10.3 Å². The summed E-state index contributed by atoms with van der Waals surface area (Å²) >= 11 is 5.96. The number of halogens is 1. The summed E-state index contributed by atoms with van der Waals surface area (Å²) in [6, 6.07) is 3.80. The van der Waals surface area contributed by atoms with E-state index in [0.29, 0.717) is 18.3 Å². The SMILES string of the molecule is COCC(O)CNC(C)c1cccnc1Cl. The highest BCUT2D eigenvalue weighted by molar-refractivity contribution is 6.30. The van der Waals surface area contributed by atoms with Crippen LogP contribution in [0.2, 0.25) is 5.15 Å². The van der Waals surface area contributed by atoms with Crippen LogP contribution in [0.5, 0.6) is 0 Å². The molecule has 0 aliphatic heterocycles. The number of aliphatic hydroxyl groups excluding tert-OH is 1. The van der Waals surface area contributed by atoms with E-state index in [-0.39, 0.29) is 6.04 Å². The van der Waals surface area contributed by atoms with E-state index < -0.39 is 6.10 Å². The molecule has 16 heavy (non-hydrogen) atoms. The molecule has 2 N–H and O–H groups in total. The largest absolute Gasteiger partial charge is 0.389 e. The fourth-order valence-corrected chi connectivity index (χ4v) is 1.68. The summed E-state index contributed by atoms with van der Waals surface area (Å²) in [7, 11) is 1.56. The van der Waals surface area contributed by atoms with Crippen molar-refractivity contribution in [3.05, 3.63) is 29.0 Å². The van der Waals surface area contributed by atoms with Crippen molar-refractivity contribution < 1.29 is 9.84 Å². The van der Waals surface area contributed by atoms with E-state index in [1.165, 1.54) is 0 Å². The van der Waals surface area contributed by atoms with Gasteiger partial charge in [-0.2, -0.15) is 0 Å². The Balaban J connectivity index is 2.46. The van der Waals surface area contributed by atoms with Gasteiger partial charge in [-0.15, -0.1) is 0 Å². The van der Waals surface area contributed by atoms with Crippen molar-refractivity contribution in [2.75, 3.05) is 20.3 Å². The molecule has 0 amide bonds. The molecule has 5 heteroatoms. The second kappa shape index (κ2) is 6.81. The molecule has 1 rings (SSSR count). The Morgan fingerprint density at radius 1 is 1.62 bits per heavy atom. The average molecular weight is 245 g/mol. The lowest BCUT2D eigenvalue weighted by Crippen LogP contribution is -2.32. The van der Waals surface area contributed by atoms with Crippen molar-refractivity contribution in [3.8, 4) is 0 Å². The van der Waals surface area contributed by atoms with Gasteiger partial charge in [0.2, 0.25) is 0 Å². The van der Waals surface area contributed by atoms with Gasteiger partial charge in [0.05, 0.1) is 12.7 Å². The molecule has 0 bridgehead atoms. The maximum absolute atomic E-state index is 9.48. The van der Waals surface area contributed by atoms with E-state index in [1.54, 1.807) is 13.3 Å². The lowest BCUT2D eigenvalue weighted by molar-refractivity contribution is 0.0630. The van der Waals surface area contributed by atoms with Gasteiger partial charge >= 0.3 is 0 Å². The van der Waals surface area contributed by atoms with Crippen LogP contribution < -0.4 is 5.32 Å². The Morgan fingerprint density at radius 2 is 2.38 bits per heavy atom. The van der Waals surface area contributed by atoms with Crippen molar-refractivity contribution in [1.29, 1.82) is 0 Å². The van der Waals surface area contributed by atoms with Gasteiger partial charge in [0, 0.05) is 31.5 Å². The van der Waals surface area contributed by atoms with Gasteiger partial charge in [-0.25, -0.2) is 4.98 Å². The van der Waals surface area contributed by atoms with E-state index in [1.807, 2.05) is 19.1 Å². The lowest BCUT2D eigenvalue weighted by Gasteiger charge is -2.17. The molecular formula is C11H17ClN2O2. The molecule has 0 fully saturated rings. The Morgan fingerprint density at radius 3 is 3.00 bits per heavy atom. The van der Waals surface area contributed by atoms with Crippen LogP contribution in [0.3, 0.4) is 0 Å². The molecule has 0 aromatic carbocycles. The Hall–Kier alpha value is -0.680. The van der Waals surface area contributed by atoms with Crippen molar-refractivity contribution >= 4 is 11.6 Å². The molecule has 1 aromatic heterocycles. The highest BCUT2D eigenvalue weighted by Gasteiger charge is 2.11. The smallest absolute Gasteiger partial charge is 0.133 e. The zero-order valence-electron chi connectivity index (χ0n) is 9.48. The minimum Gasteiger partial charge on any atom is -0.389 e. The van der Waals surface area contributed by atoms with Crippen LogP contribution in [0.25, 0.3) is 0 Å². The molecule has 0 aliphatic rings. The topological polar surface area (TPSA) is 54.4 Å². The molecule has 90 valence electrons. The number of rotatable bonds is 6. The Kier molecular flexibility index (Phi) is 5.69. The van der Waals surface area contributed by atoms with Crippen LogP contribution in [0.1, 0.15) is 18.5 Å². The highest BCUT2D eigenvalue weighted by Crippen LogP contribution is 2.19. The zero-order valence-corrected chi connectivity index (χ0v) is 10.2. The van der Waals surface area contributed by atoms with E-state index in [9.17, 15) is 5.11 Å². The number of hydrogen-bond donors (Lipinski definition) is 2. The molecule has 2 atom stereocenters. The summed E-state index contributed by atoms with van der Waals surface area (Å²) in [5.74, 6) is 0. The maximum Gasteiger partial charge on any atom is 0.133 e. The molecule has 1 aromatic rings. The van der Waals surface area contributed by atoms with Gasteiger partial charge in [-0.1, -0.05) is 17.7 Å². The molecule has 0 spiro atoms. The summed E-state index contributed by atoms with van der Waals surface area (Å²) in [6.45, 7) is 2.75. The van der Waals surface area contributed by atoms with E-state index >= 15 is 0 Å². The second-order valence-corrected chi connectivity index (χ2v) is 3.98. The predicted molar refractivity (Wildman–Crippen MR) is 63.5 cm³/mol. The summed E-state index contributed by atoms with van der Waals surface area (Å²) < 4.78 is 4.84. The molecular weight excluding hydrogens is 228 g/mol. The van der Waals surface area contributed by atoms with Gasteiger partial charge in [0.25, 0.3) is 0 Å². The van der Waals surface area contributed by atoms with Crippen LogP contribution in [-0.2, 0) is 4.74 Å². The van der Waals surface area contributed by atoms with Gasteiger partial charge in [0.15, 0.2) is 0 Å². The third-order valence-electron chi connectivity index (χ3n) is 2.27. The number of pyridine rings is 1. The predicted octanol–water partition coefficient (Wildman–Crippen LogP) is 1.39. The first kappa shape index (κ1) is 13.4. The number of aromatic nitrogens is 1. The first-order chi connectivity index (χ1) is 7.65. The number of nitrogens with zero attached hydrogens (tertiary/aromatic N) is 1. The van der Waals surface area contributed by atoms with Crippen LogP contribution in [-0.4, -0.2) is 36.5 Å². The van der Waals surface area contributed by atoms with E-state index in [2.05, 4.69) is 10.3 Å². The summed E-state index contributed by atoms with van der Waals surface area (Å²) in [5, 5.41) is 13.1. The molecule has 1 heterocycles. The normalized spacial score (nSPS) is 14.8. The molecule has 0 aliphatic carbocycles. The first-order valence-corrected chi connectivity index (χ1v) is 5.53. The molecule has 0 saturated heterocycles. The fraction of sp³-hybridized carbons (Fsp3) is 0.545. The van der Waals surface area contributed by atoms with Crippen molar-refractivity contribution in [2.45, 2.75) is 19.1 Å². The number of nitrogens with one attached hydrogen (secondary N) is 1. The van der Waals surface area contributed by atoms with Crippen LogP contribution >= 0.6 is 11.6 Å². The van der Waals surface area contributed by atoms with Crippen molar-refractivity contribution in [2.24, 2.45) is 0 Å². The lowest BCUT2D eigenvalue weighted by atomic mass is 10.1. The number of ether oxygens (including phenoxy) is 1. The number of aliphatic hydroxyl groups is 1. The van der Waals surface area contributed by atoms with Gasteiger partial charge in [0.1, 0.15) is 5.15 Å². The monoisotopic (exact) mass is 244 g/mol. The minimum atomic E-state index is -0.511. The third-order valence-corrected chi connectivity index (χ3v) is 2.59. The second-order valence-electron chi connectivity index (χ2n) is 3.62. The van der Waals surface area contributed by atoms with E-state index in [4.69, 9.17) is 16.3 Å². The Bertz CT molecular complexity index is 323. The average Bonchev–Trinajstić information content (AvgIpc) is 2.27. The summed E-state index contributed by atoms with van der Waals surface area (Å²) in [6.07, 6.45) is 1.14. The molecule has 2 unspecified atom stereocenters. The number of hydrogen-bond acceptors (Lipinski definition) is 4. The summed E-state index contributed by atoms with van der Waals surface area (Å²) in [4.78, 5) is 4.00. The first-order valence-electron chi connectivity index (χ1n) is 5.16. The number of methoxy groups -OCH3 is 1. The van der Waals surface area contributed by atoms with Gasteiger partial charge in [-0.05, 0) is 13.0 Å². The van der Waals surface area contributed by atoms with Crippen LogP contribution in [0.15, 0.2) is 18.3 Å². The van der Waals surface area contributed by atoms with Crippen LogP contribution in [0, 0.1) is 0 Å².